The number of carbonyl (C=O) groups is 1. The highest BCUT2D eigenvalue weighted by molar-refractivity contribution is 7.07. The number of aromatic nitrogens is 1. The first-order chi connectivity index (χ1) is 10.2. The molecule has 2 aromatic rings. The Morgan fingerprint density at radius 2 is 2.19 bits per heavy atom. The number of anilines is 1. The number of fused-ring (bicyclic) bond motifs is 1. The molecule has 1 aromatic heterocycles. The van der Waals surface area contributed by atoms with Crippen LogP contribution in [0.15, 0.2) is 28.6 Å². The predicted octanol–water partition coefficient (Wildman–Crippen LogP) is 3.04. The standard InChI is InChI=1S/C16H19N3OS/c1-3-17-16-19(4-2)14(10-21-16)12-5-7-13-11(9-12)6-8-15(20)18-13/h5,7,9-10H,3-4,6,8H2,1-2H3,(H,18,20). The lowest BCUT2D eigenvalue weighted by Crippen LogP contribution is -2.19. The molecule has 3 rings (SSSR count). The van der Waals surface area contributed by atoms with Crippen molar-refractivity contribution in [1.82, 2.24) is 4.57 Å². The SMILES string of the molecule is CCN=c1scc(-c2ccc3c(c2)CCC(=O)N3)n1CC. The fourth-order valence-electron chi connectivity index (χ4n) is 2.67. The molecular formula is C16H19N3OS. The number of aryl methyl sites for hydroxylation is 1. The van der Waals surface area contributed by atoms with Crippen molar-refractivity contribution >= 4 is 22.9 Å². The fourth-order valence-corrected chi connectivity index (χ4v) is 3.71. The first kappa shape index (κ1) is 14.1. The van der Waals surface area contributed by atoms with E-state index in [9.17, 15) is 4.79 Å². The van der Waals surface area contributed by atoms with Gasteiger partial charge in [0.15, 0.2) is 4.80 Å². The number of benzene rings is 1. The number of carbonyl (C=O) groups excluding carboxylic acids is 1. The van der Waals surface area contributed by atoms with Crippen molar-refractivity contribution in [1.29, 1.82) is 0 Å². The Kier molecular flexibility index (Phi) is 3.92. The Morgan fingerprint density at radius 1 is 1.33 bits per heavy atom. The maximum atomic E-state index is 11.4. The van der Waals surface area contributed by atoms with Crippen LogP contribution in [0.3, 0.4) is 0 Å². The van der Waals surface area contributed by atoms with Crippen LogP contribution in [-0.2, 0) is 17.8 Å². The summed E-state index contributed by atoms with van der Waals surface area (Å²) in [4.78, 5) is 17.0. The molecule has 1 aromatic carbocycles. The zero-order valence-corrected chi connectivity index (χ0v) is 13.2. The first-order valence-corrected chi connectivity index (χ1v) is 8.22. The van der Waals surface area contributed by atoms with Gasteiger partial charge in [-0.2, -0.15) is 0 Å². The fraction of sp³-hybridized carbons (Fsp3) is 0.375. The zero-order valence-electron chi connectivity index (χ0n) is 12.3. The Morgan fingerprint density at radius 3 is 2.95 bits per heavy atom. The molecule has 21 heavy (non-hydrogen) atoms. The summed E-state index contributed by atoms with van der Waals surface area (Å²) in [5, 5.41) is 5.10. The maximum absolute atomic E-state index is 11.4. The van der Waals surface area contributed by atoms with Crippen molar-refractivity contribution in [3.63, 3.8) is 0 Å². The van der Waals surface area contributed by atoms with Crippen LogP contribution in [-0.4, -0.2) is 17.0 Å². The second-order valence-electron chi connectivity index (χ2n) is 5.04. The lowest BCUT2D eigenvalue weighted by Gasteiger charge is -2.18. The van der Waals surface area contributed by atoms with Gasteiger partial charge in [-0.1, -0.05) is 6.07 Å². The van der Waals surface area contributed by atoms with E-state index >= 15 is 0 Å². The Labute approximate surface area is 128 Å². The molecule has 0 unspecified atom stereocenters. The number of nitrogens with one attached hydrogen (secondary N) is 1. The number of nitrogens with zero attached hydrogens (tertiary/aromatic N) is 2. The highest BCUT2D eigenvalue weighted by atomic mass is 32.1. The molecule has 1 aliphatic rings. The van der Waals surface area contributed by atoms with E-state index < -0.39 is 0 Å². The molecule has 0 radical (unpaired) electrons. The van der Waals surface area contributed by atoms with Crippen LogP contribution >= 0.6 is 11.3 Å². The first-order valence-electron chi connectivity index (χ1n) is 7.35. The van der Waals surface area contributed by atoms with Gasteiger partial charge >= 0.3 is 0 Å². The summed E-state index contributed by atoms with van der Waals surface area (Å²) in [7, 11) is 0. The maximum Gasteiger partial charge on any atom is 0.224 e. The molecule has 5 heteroatoms. The van der Waals surface area contributed by atoms with E-state index in [0.717, 1.165) is 30.0 Å². The third kappa shape index (κ3) is 2.65. The molecule has 0 saturated heterocycles. The van der Waals surface area contributed by atoms with Crippen molar-refractivity contribution in [3.8, 4) is 11.3 Å². The van der Waals surface area contributed by atoms with Crippen LogP contribution in [0.5, 0.6) is 0 Å². The lowest BCUT2D eigenvalue weighted by molar-refractivity contribution is -0.116. The second kappa shape index (κ2) is 5.85. The van der Waals surface area contributed by atoms with Crippen LogP contribution in [0, 0.1) is 0 Å². The second-order valence-corrected chi connectivity index (χ2v) is 5.88. The topological polar surface area (TPSA) is 46.4 Å². The van der Waals surface area contributed by atoms with Crippen LogP contribution < -0.4 is 10.1 Å². The Balaban J connectivity index is 2.06. The normalized spacial score (nSPS) is 15.0. The number of rotatable bonds is 3. The van der Waals surface area contributed by atoms with E-state index in [0.29, 0.717) is 6.42 Å². The molecule has 0 atom stereocenters. The molecule has 0 fully saturated rings. The van der Waals surface area contributed by atoms with Gasteiger partial charge in [0, 0.05) is 30.6 Å². The van der Waals surface area contributed by atoms with Crippen LogP contribution in [0.1, 0.15) is 25.8 Å². The minimum Gasteiger partial charge on any atom is -0.326 e. The summed E-state index contributed by atoms with van der Waals surface area (Å²) in [6.07, 6.45) is 1.39. The van der Waals surface area contributed by atoms with Gasteiger partial charge in [-0.05, 0) is 43.5 Å². The molecule has 0 spiro atoms. The highest BCUT2D eigenvalue weighted by Gasteiger charge is 2.16. The smallest absolute Gasteiger partial charge is 0.224 e. The van der Waals surface area contributed by atoms with E-state index in [1.165, 1.54) is 16.8 Å². The molecule has 1 N–H and O–H groups in total. The molecule has 1 aliphatic heterocycles. The van der Waals surface area contributed by atoms with Crippen LogP contribution in [0.25, 0.3) is 11.3 Å². The van der Waals surface area contributed by atoms with E-state index in [-0.39, 0.29) is 5.91 Å². The summed E-state index contributed by atoms with van der Waals surface area (Å²) in [6, 6.07) is 6.28. The third-order valence-electron chi connectivity index (χ3n) is 3.70. The van der Waals surface area contributed by atoms with Gasteiger partial charge in [0.1, 0.15) is 0 Å². The van der Waals surface area contributed by atoms with Gasteiger partial charge < -0.3 is 9.88 Å². The van der Waals surface area contributed by atoms with Crippen LogP contribution in [0.2, 0.25) is 0 Å². The molecule has 0 bridgehead atoms. The van der Waals surface area contributed by atoms with Gasteiger partial charge in [-0.3, -0.25) is 9.79 Å². The monoisotopic (exact) mass is 301 g/mol. The summed E-state index contributed by atoms with van der Waals surface area (Å²) in [5.74, 6) is 0.110. The summed E-state index contributed by atoms with van der Waals surface area (Å²) in [6.45, 7) is 5.91. The summed E-state index contributed by atoms with van der Waals surface area (Å²) < 4.78 is 2.25. The number of amides is 1. The van der Waals surface area contributed by atoms with Gasteiger partial charge in [0.05, 0.1) is 5.69 Å². The van der Waals surface area contributed by atoms with Gasteiger partial charge in [-0.25, -0.2) is 0 Å². The van der Waals surface area contributed by atoms with Gasteiger partial charge in [-0.15, -0.1) is 11.3 Å². The molecule has 110 valence electrons. The number of thiazole rings is 1. The largest absolute Gasteiger partial charge is 0.326 e. The molecular weight excluding hydrogens is 282 g/mol. The summed E-state index contributed by atoms with van der Waals surface area (Å²) in [5.41, 5.74) is 4.57. The van der Waals surface area contributed by atoms with E-state index in [1.807, 2.05) is 6.07 Å². The number of hydrogen-bond acceptors (Lipinski definition) is 3. The van der Waals surface area contributed by atoms with Crippen molar-refractivity contribution < 1.29 is 4.79 Å². The Hall–Kier alpha value is -1.88. The van der Waals surface area contributed by atoms with Crippen molar-refractivity contribution in [2.24, 2.45) is 4.99 Å². The average molecular weight is 301 g/mol. The quantitative estimate of drug-likeness (QED) is 0.930. The molecule has 2 heterocycles. The van der Waals surface area contributed by atoms with Gasteiger partial charge in [0.2, 0.25) is 5.91 Å². The lowest BCUT2D eigenvalue weighted by atomic mass is 9.99. The highest BCUT2D eigenvalue weighted by Crippen LogP contribution is 2.29. The Bertz CT molecular complexity index is 742. The number of hydrogen-bond donors (Lipinski definition) is 1. The molecule has 1 amide bonds. The van der Waals surface area contributed by atoms with Crippen LogP contribution in [0.4, 0.5) is 5.69 Å². The minimum atomic E-state index is 0.110. The molecule has 4 nitrogen and oxygen atoms in total. The average Bonchev–Trinajstić information content (AvgIpc) is 2.90. The predicted molar refractivity (Wildman–Crippen MR) is 86.5 cm³/mol. The van der Waals surface area contributed by atoms with Gasteiger partial charge in [0.25, 0.3) is 0 Å². The molecule has 0 saturated carbocycles. The third-order valence-corrected chi connectivity index (χ3v) is 4.61. The minimum absolute atomic E-state index is 0.110. The van der Waals surface area contributed by atoms with Crippen molar-refractivity contribution in [3.05, 3.63) is 33.9 Å². The molecule has 0 aliphatic carbocycles. The summed E-state index contributed by atoms with van der Waals surface area (Å²) >= 11 is 1.68. The van der Waals surface area contributed by atoms with E-state index in [2.05, 4.69) is 46.2 Å². The van der Waals surface area contributed by atoms with Crippen molar-refractivity contribution in [2.45, 2.75) is 33.2 Å². The van der Waals surface area contributed by atoms with E-state index in [4.69, 9.17) is 0 Å². The van der Waals surface area contributed by atoms with Crippen molar-refractivity contribution in [2.75, 3.05) is 11.9 Å². The zero-order chi connectivity index (χ0) is 14.8. The van der Waals surface area contributed by atoms with E-state index in [1.54, 1.807) is 11.3 Å².